The van der Waals surface area contributed by atoms with Crippen molar-refractivity contribution >= 4 is 0 Å². The van der Waals surface area contributed by atoms with Gasteiger partial charge in [-0.05, 0) is 56.9 Å². The maximum atomic E-state index is 6.45. The van der Waals surface area contributed by atoms with Crippen molar-refractivity contribution in [3.8, 4) is 0 Å². The van der Waals surface area contributed by atoms with Gasteiger partial charge >= 0.3 is 0 Å². The molecule has 2 saturated carbocycles. The van der Waals surface area contributed by atoms with Gasteiger partial charge in [0, 0.05) is 6.54 Å². The van der Waals surface area contributed by atoms with Crippen LogP contribution in [0.2, 0.25) is 0 Å². The monoisotopic (exact) mass is 293 g/mol. The van der Waals surface area contributed by atoms with Gasteiger partial charge in [0.05, 0.1) is 11.7 Å². The van der Waals surface area contributed by atoms with Crippen LogP contribution in [0.3, 0.4) is 0 Å². The van der Waals surface area contributed by atoms with Crippen LogP contribution in [-0.4, -0.2) is 24.8 Å². The van der Waals surface area contributed by atoms with Crippen molar-refractivity contribution in [3.63, 3.8) is 0 Å². The first-order valence-electron chi connectivity index (χ1n) is 9.68. The van der Waals surface area contributed by atoms with E-state index in [4.69, 9.17) is 4.74 Å². The summed E-state index contributed by atoms with van der Waals surface area (Å²) in [5.41, 5.74) is 0.295. The minimum Gasteiger partial charge on any atom is -0.370 e. The molecule has 122 valence electrons. The number of nitrogens with one attached hydrogen (secondary N) is 1. The van der Waals surface area contributed by atoms with Crippen LogP contribution < -0.4 is 5.32 Å². The highest BCUT2D eigenvalue weighted by atomic mass is 16.5. The van der Waals surface area contributed by atoms with Gasteiger partial charge in [-0.15, -0.1) is 0 Å². The molecule has 1 unspecified atom stereocenters. The van der Waals surface area contributed by atoms with Crippen molar-refractivity contribution in [2.45, 2.75) is 95.7 Å². The van der Waals surface area contributed by atoms with E-state index in [0.717, 1.165) is 18.4 Å². The molecule has 1 aliphatic heterocycles. The molecule has 1 spiro atoms. The third-order valence-corrected chi connectivity index (χ3v) is 6.45. The summed E-state index contributed by atoms with van der Waals surface area (Å²) in [7, 11) is 0. The lowest BCUT2D eigenvalue weighted by Crippen LogP contribution is -2.36. The lowest BCUT2D eigenvalue weighted by Gasteiger charge is -2.33. The predicted molar refractivity (Wildman–Crippen MR) is 88.5 cm³/mol. The molecule has 3 aliphatic rings. The van der Waals surface area contributed by atoms with Crippen LogP contribution >= 0.6 is 0 Å². The van der Waals surface area contributed by atoms with Crippen molar-refractivity contribution < 1.29 is 4.74 Å². The molecule has 3 fully saturated rings. The zero-order valence-corrected chi connectivity index (χ0v) is 14.0. The van der Waals surface area contributed by atoms with Crippen LogP contribution in [0.5, 0.6) is 0 Å². The number of ether oxygens (including phenoxy) is 1. The Kier molecular flexibility index (Phi) is 5.61. The Morgan fingerprint density at radius 1 is 0.857 bits per heavy atom. The third kappa shape index (κ3) is 4.22. The highest BCUT2D eigenvalue weighted by Crippen LogP contribution is 2.41. The SMILES string of the molecule is CCC1CCC(CNCC2CCC3(CCCCC3)O2)CC1. The standard InChI is InChI=1S/C19H35NO/c1-2-16-6-8-17(9-7-16)14-20-15-18-10-13-19(21-18)11-4-3-5-12-19/h16-18,20H,2-15H2,1H3. The average molecular weight is 293 g/mol. The summed E-state index contributed by atoms with van der Waals surface area (Å²) in [6, 6.07) is 0. The Hall–Kier alpha value is -0.0800. The Balaban J connectivity index is 1.31. The Bertz CT molecular complexity index is 303. The summed E-state index contributed by atoms with van der Waals surface area (Å²) >= 11 is 0. The summed E-state index contributed by atoms with van der Waals surface area (Å²) in [5, 5.41) is 3.73. The van der Waals surface area contributed by atoms with Crippen LogP contribution in [0.25, 0.3) is 0 Å². The van der Waals surface area contributed by atoms with Gasteiger partial charge < -0.3 is 10.1 Å². The second kappa shape index (κ2) is 7.46. The average Bonchev–Trinajstić information content (AvgIpc) is 2.91. The summed E-state index contributed by atoms with van der Waals surface area (Å²) in [6.45, 7) is 4.67. The Morgan fingerprint density at radius 3 is 2.29 bits per heavy atom. The second-order valence-electron chi connectivity index (χ2n) is 7.98. The van der Waals surface area contributed by atoms with Crippen molar-refractivity contribution in [1.29, 1.82) is 0 Å². The quantitative estimate of drug-likeness (QED) is 0.795. The summed E-state index contributed by atoms with van der Waals surface area (Å²) in [6.07, 6.45) is 17.2. The molecule has 1 atom stereocenters. The number of rotatable bonds is 5. The molecule has 0 amide bonds. The Morgan fingerprint density at radius 2 is 1.57 bits per heavy atom. The molecule has 0 aromatic carbocycles. The fourth-order valence-corrected chi connectivity index (χ4v) is 4.90. The van der Waals surface area contributed by atoms with Crippen LogP contribution in [0.1, 0.15) is 84.0 Å². The van der Waals surface area contributed by atoms with E-state index in [1.54, 1.807) is 0 Å². The van der Waals surface area contributed by atoms with E-state index >= 15 is 0 Å². The minimum absolute atomic E-state index is 0.295. The van der Waals surface area contributed by atoms with Gasteiger partial charge in [0.15, 0.2) is 0 Å². The Labute approximate surface area is 131 Å². The first-order valence-corrected chi connectivity index (χ1v) is 9.68. The molecule has 1 N–H and O–H groups in total. The fourth-order valence-electron chi connectivity index (χ4n) is 4.90. The van der Waals surface area contributed by atoms with Gasteiger partial charge in [-0.2, -0.15) is 0 Å². The van der Waals surface area contributed by atoms with Gasteiger partial charge in [0.1, 0.15) is 0 Å². The van der Waals surface area contributed by atoms with Gasteiger partial charge in [0.2, 0.25) is 0 Å². The van der Waals surface area contributed by atoms with Crippen molar-refractivity contribution in [1.82, 2.24) is 5.32 Å². The molecule has 2 aliphatic carbocycles. The smallest absolute Gasteiger partial charge is 0.0708 e. The molecule has 0 aromatic rings. The molecule has 1 saturated heterocycles. The topological polar surface area (TPSA) is 21.3 Å². The summed E-state index contributed by atoms with van der Waals surface area (Å²) in [5.74, 6) is 1.95. The van der Waals surface area contributed by atoms with Gasteiger partial charge in [0.25, 0.3) is 0 Å². The molecule has 3 rings (SSSR count). The molecule has 0 bridgehead atoms. The minimum atomic E-state index is 0.295. The van der Waals surface area contributed by atoms with E-state index in [1.807, 2.05) is 0 Å². The molecule has 0 aromatic heterocycles. The molecular weight excluding hydrogens is 258 g/mol. The number of hydrogen-bond donors (Lipinski definition) is 1. The molecule has 0 radical (unpaired) electrons. The maximum absolute atomic E-state index is 6.45. The fraction of sp³-hybridized carbons (Fsp3) is 1.00. The van der Waals surface area contributed by atoms with Gasteiger partial charge in [-0.25, -0.2) is 0 Å². The zero-order valence-electron chi connectivity index (χ0n) is 14.0. The summed E-state index contributed by atoms with van der Waals surface area (Å²) in [4.78, 5) is 0. The lowest BCUT2D eigenvalue weighted by atomic mass is 9.81. The largest absolute Gasteiger partial charge is 0.370 e. The van der Waals surface area contributed by atoms with Crippen molar-refractivity contribution in [3.05, 3.63) is 0 Å². The van der Waals surface area contributed by atoms with Crippen LogP contribution in [0.4, 0.5) is 0 Å². The molecule has 2 heteroatoms. The maximum Gasteiger partial charge on any atom is 0.0708 e. The van der Waals surface area contributed by atoms with Crippen molar-refractivity contribution in [2.75, 3.05) is 13.1 Å². The third-order valence-electron chi connectivity index (χ3n) is 6.45. The van der Waals surface area contributed by atoms with Crippen LogP contribution in [0.15, 0.2) is 0 Å². The van der Waals surface area contributed by atoms with Crippen LogP contribution in [-0.2, 0) is 4.74 Å². The molecule has 1 heterocycles. The normalized spacial score (nSPS) is 36.1. The van der Waals surface area contributed by atoms with E-state index in [9.17, 15) is 0 Å². The highest BCUT2D eigenvalue weighted by molar-refractivity contribution is 4.91. The zero-order chi connectivity index (χ0) is 14.5. The molecular formula is C19H35NO. The van der Waals surface area contributed by atoms with Crippen LogP contribution in [0, 0.1) is 11.8 Å². The van der Waals surface area contributed by atoms with E-state index in [1.165, 1.54) is 83.6 Å². The van der Waals surface area contributed by atoms with E-state index < -0.39 is 0 Å². The van der Waals surface area contributed by atoms with Gasteiger partial charge in [-0.1, -0.05) is 45.4 Å². The highest BCUT2D eigenvalue weighted by Gasteiger charge is 2.40. The van der Waals surface area contributed by atoms with E-state index in [2.05, 4.69) is 12.2 Å². The second-order valence-corrected chi connectivity index (χ2v) is 7.98. The van der Waals surface area contributed by atoms with Gasteiger partial charge in [-0.3, -0.25) is 0 Å². The van der Waals surface area contributed by atoms with E-state index in [-0.39, 0.29) is 0 Å². The lowest BCUT2D eigenvalue weighted by molar-refractivity contribution is -0.0625. The first kappa shape index (κ1) is 15.8. The summed E-state index contributed by atoms with van der Waals surface area (Å²) < 4.78 is 6.45. The molecule has 21 heavy (non-hydrogen) atoms. The van der Waals surface area contributed by atoms with Crippen molar-refractivity contribution in [2.24, 2.45) is 11.8 Å². The predicted octanol–water partition coefficient (Wildman–Crippen LogP) is 4.67. The van der Waals surface area contributed by atoms with E-state index in [0.29, 0.717) is 11.7 Å². The first-order chi connectivity index (χ1) is 10.3. The molecule has 2 nitrogen and oxygen atoms in total. The number of hydrogen-bond acceptors (Lipinski definition) is 2.